The second kappa shape index (κ2) is 8.47. The van der Waals surface area contributed by atoms with Crippen LogP contribution in [-0.2, 0) is 6.54 Å². The maximum Gasteiger partial charge on any atom is 0.353 e. The predicted molar refractivity (Wildman–Crippen MR) is 132 cm³/mol. The summed E-state index contributed by atoms with van der Waals surface area (Å²) in [4.78, 5) is 22.5. The Kier molecular flexibility index (Phi) is 5.33. The van der Waals surface area contributed by atoms with Crippen molar-refractivity contribution in [3.05, 3.63) is 94.2 Å². The summed E-state index contributed by atoms with van der Waals surface area (Å²) in [6.07, 6.45) is 0. The molecule has 0 radical (unpaired) electrons. The summed E-state index contributed by atoms with van der Waals surface area (Å²) < 4.78 is 8.01. The van der Waals surface area contributed by atoms with E-state index in [1.165, 1.54) is 9.08 Å². The molecule has 5 rings (SSSR count). The zero-order valence-electron chi connectivity index (χ0n) is 19.2. The van der Waals surface area contributed by atoms with Crippen LogP contribution in [0.2, 0.25) is 0 Å². The van der Waals surface area contributed by atoms with Crippen molar-refractivity contribution in [1.82, 2.24) is 24.1 Å². The molecule has 0 fully saturated rings. The molecule has 34 heavy (non-hydrogen) atoms. The first-order valence-corrected chi connectivity index (χ1v) is 10.9. The second-order valence-corrected chi connectivity index (χ2v) is 8.15. The molecule has 2 N–H and O–H groups in total. The molecule has 0 aliphatic rings. The zero-order valence-corrected chi connectivity index (χ0v) is 19.2. The number of aryl methyl sites for hydroxylation is 2. The first kappa shape index (κ1) is 21.4. The number of hydrogen-bond acceptors (Lipinski definition) is 6. The van der Waals surface area contributed by atoms with Gasteiger partial charge in [-0.1, -0.05) is 42.5 Å². The van der Waals surface area contributed by atoms with Crippen LogP contribution in [0.4, 0.5) is 5.95 Å². The predicted octanol–water partition coefficient (Wildman–Crippen LogP) is 3.88. The first-order chi connectivity index (χ1) is 16.4. The summed E-state index contributed by atoms with van der Waals surface area (Å²) in [5.41, 5.74) is 12.2. The molecule has 0 bridgehead atoms. The van der Waals surface area contributed by atoms with E-state index < -0.39 is 0 Å². The zero-order chi connectivity index (χ0) is 23.8. The Labute approximate surface area is 196 Å². The van der Waals surface area contributed by atoms with Crippen molar-refractivity contribution in [2.24, 2.45) is 0 Å². The Morgan fingerprint density at radius 2 is 1.59 bits per heavy atom. The topological polar surface area (TPSA) is 100 Å². The number of fused-ring (bicyclic) bond motifs is 1. The number of hydrogen-bond donors (Lipinski definition) is 1. The van der Waals surface area contributed by atoms with Crippen molar-refractivity contribution in [3.63, 3.8) is 0 Å². The van der Waals surface area contributed by atoms with Gasteiger partial charge in [-0.15, -0.1) is 5.10 Å². The van der Waals surface area contributed by atoms with Crippen molar-refractivity contribution in [2.45, 2.75) is 20.4 Å². The van der Waals surface area contributed by atoms with Crippen molar-refractivity contribution in [3.8, 4) is 28.1 Å². The van der Waals surface area contributed by atoms with Gasteiger partial charge in [-0.05, 0) is 49.2 Å². The Hall–Kier alpha value is -4.46. The van der Waals surface area contributed by atoms with Crippen molar-refractivity contribution >= 4 is 11.6 Å². The highest BCUT2D eigenvalue weighted by molar-refractivity contribution is 5.90. The van der Waals surface area contributed by atoms with Crippen LogP contribution in [0.3, 0.4) is 0 Å². The van der Waals surface area contributed by atoms with Crippen LogP contribution in [-0.4, -0.2) is 31.3 Å². The average Bonchev–Trinajstić information content (AvgIpc) is 3.15. The molecule has 2 aromatic carbocycles. The summed E-state index contributed by atoms with van der Waals surface area (Å²) in [7, 11) is 1.62. The smallest absolute Gasteiger partial charge is 0.353 e. The fourth-order valence-electron chi connectivity index (χ4n) is 4.16. The highest BCUT2D eigenvalue weighted by Gasteiger charge is 2.22. The van der Waals surface area contributed by atoms with Gasteiger partial charge in [0.05, 0.1) is 24.9 Å². The minimum Gasteiger partial charge on any atom is -0.497 e. The minimum atomic E-state index is -0.348. The van der Waals surface area contributed by atoms with Crippen LogP contribution < -0.4 is 16.2 Å². The summed E-state index contributed by atoms with van der Waals surface area (Å²) in [5.74, 6) is 0.837. The number of methoxy groups -OCH3 is 1. The lowest BCUT2D eigenvalue weighted by molar-refractivity contribution is 0.414. The number of anilines is 1. The van der Waals surface area contributed by atoms with Crippen molar-refractivity contribution in [1.29, 1.82) is 0 Å². The number of rotatable bonds is 5. The van der Waals surface area contributed by atoms with E-state index in [-0.39, 0.29) is 11.6 Å². The lowest BCUT2D eigenvalue weighted by atomic mass is 9.99. The summed E-state index contributed by atoms with van der Waals surface area (Å²) in [5, 5.41) is 4.73. The summed E-state index contributed by atoms with van der Waals surface area (Å²) in [6.45, 7) is 4.17. The Morgan fingerprint density at radius 3 is 2.24 bits per heavy atom. The van der Waals surface area contributed by atoms with Crippen LogP contribution in [0.5, 0.6) is 5.75 Å². The minimum absolute atomic E-state index is 0.0890. The largest absolute Gasteiger partial charge is 0.497 e. The molecule has 3 aromatic heterocycles. The van der Waals surface area contributed by atoms with Crippen LogP contribution in [0.15, 0.2) is 71.5 Å². The van der Waals surface area contributed by atoms with E-state index in [2.05, 4.69) is 9.97 Å². The molecule has 0 amide bonds. The van der Waals surface area contributed by atoms with Gasteiger partial charge in [-0.25, -0.2) is 18.9 Å². The molecule has 0 saturated heterocycles. The van der Waals surface area contributed by atoms with Gasteiger partial charge in [0, 0.05) is 17.0 Å². The van der Waals surface area contributed by atoms with Gasteiger partial charge in [-0.2, -0.15) is 0 Å². The highest BCUT2D eigenvalue weighted by Crippen LogP contribution is 2.34. The van der Waals surface area contributed by atoms with E-state index in [4.69, 9.17) is 15.6 Å². The van der Waals surface area contributed by atoms with Crippen molar-refractivity contribution in [2.75, 3.05) is 12.8 Å². The number of pyridine rings is 1. The molecule has 0 aliphatic heterocycles. The summed E-state index contributed by atoms with van der Waals surface area (Å²) in [6, 6.07) is 21.2. The number of nitrogens with zero attached hydrogens (tertiary/aromatic N) is 5. The molecule has 170 valence electrons. The Balaban J connectivity index is 1.77. The van der Waals surface area contributed by atoms with E-state index in [1.807, 2.05) is 80.6 Å². The standard InChI is InChI=1S/C26H24N6O2/c1-16-13-20(14-17(2)28-16)22-23(19-7-5-4-6-8-19)29-25(27)32-24(22)30-31(26(32)33)15-18-9-11-21(34-3)12-10-18/h4-14H,15H2,1-3H3,(H2,27,29). The van der Waals surface area contributed by atoms with Gasteiger partial charge in [-0.3, -0.25) is 4.98 Å². The van der Waals surface area contributed by atoms with Gasteiger partial charge in [0.25, 0.3) is 0 Å². The highest BCUT2D eigenvalue weighted by atomic mass is 16.5. The van der Waals surface area contributed by atoms with Crippen LogP contribution >= 0.6 is 0 Å². The molecule has 5 aromatic rings. The van der Waals surface area contributed by atoms with Crippen LogP contribution in [0, 0.1) is 13.8 Å². The van der Waals surface area contributed by atoms with Crippen molar-refractivity contribution < 1.29 is 4.74 Å². The number of ether oxygens (including phenoxy) is 1. The first-order valence-electron chi connectivity index (χ1n) is 10.9. The van der Waals surface area contributed by atoms with Gasteiger partial charge in [0.15, 0.2) is 5.65 Å². The quantitative estimate of drug-likeness (QED) is 0.434. The molecule has 8 nitrogen and oxygen atoms in total. The van der Waals surface area contributed by atoms with Gasteiger partial charge < -0.3 is 10.5 Å². The van der Waals surface area contributed by atoms with E-state index in [9.17, 15) is 4.79 Å². The fraction of sp³-hybridized carbons (Fsp3) is 0.154. The van der Waals surface area contributed by atoms with Gasteiger partial charge in [0.2, 0.25) is 5.95 Å². The normalized spacial score (nSPS) is 11.1. The molecular weight excluding hydrogens is 428 g/mol. The fourth-order valence-corrected chi connectivity index (χ4v) is 4.16. The molecule has 0 aliphatic carbocycles. The van der Waals surface area contributed by atoms with E-state index in [1.54, 1.807) is 7.11 Å². The number of nitrogen functional groups attached to an aromatic ring is 1. The number of nitrogens with two attached hydrogens (primary N) is 1. The molecule has 3 heterocycles. The second-order valence-electron chi connectivity index (χ2n) is 8.15. The average molecular weight is 453 g/mol. The molecular formula is C26H24N6O2. The Bertz CT molecular complexity index is 1530. The molecule has 0 atom stereocenters. The monoisotopic (exact) mass is 452 g/mol. The third-order valence-electron chi connectivity index (χ3n) is 5.66. The SMILES string of the molecule is COc1ccc(Cn2nc3c(-c4cc(C)nc(C)c4)c(-c4ccccc4)nc(N)n3c2=O)cc1. The summed E-state index contributed by atoms with van der Waals surface area (Å²) >= 11 is 0. The molecule has 0 saturated carbocycles. The molecule has 0 unspecified atom stereocenters. The van der Waals surface area contributed by atoms with Crippen LogP contribution in [0.1, 0.15) is 17.0 Å². The number of aromatic nitrogens is 5. The van der Waals surface area contributed by atoms with Crippen LogP contribution in [0.25, 0.3) is 28.0 Å². The lowest BCUT2D eigenvalue weighted by Crippen LogP contribution is -2.23. The van der Waals surface area contributed by atoms with Gasteiger partial charge >= 0.3 is 5.69 Å². The molecule has 8 heteroatoms. The third-order valence-corrected chi connectivity index (χ3v) is 5.66. The molecule has 0 spiro atoms. The lowest BCUT2D eigenvalue weighted by Gasteiger charge is -2.13. The van der Waals surface area contributed by atoms with Gasteiger partial charge in [0.1, 0.15) is 5.75 Å². The number of benzene rings is 2. The third kappa shape index (κ3) is 3.79. The van der Waals surface area contributed by atoms with E-state index in [0.717, 1.165) is 39.4 Å². The maximum absolute atomic E-state index is 13.3. The van der Waals surface area contributed by atoms with E-state index in [0.29, 0.717) is 17.9 Å². The van der Waals surface area contributed by atoms with E-state index >= 15 is 0 Å². The Morgan fingerprint density at radius 1 is 0.912 bits per heavy atom. The maximum atomic E-state index is 13.3.